The summed E-state index contributed by atoms with van der Waals surface area (Å²) >= 11 is 0. The first-order valence-corrected chi connectivity index (χ1v) is 6.40. The van der Waals surface area contributed by atoms with E-state index in [1.54, 1.807) is 4.90 Å². The highest BCUT2D eigenvalue weighted by Gasteiger charge is 2.16. The molecule has 2 nitrogen and oxygen atoms in total. The predicted octanol–water partition coefficient (Wildman–Crippen LogP) is 3.63. The molecule has 4 heteroatoms. The molecule has 20 heavy (non-hydrogen) atoms. The van der Waals surface area contributed by atoms with Crippen LogP contribution in [0.1, 0.15) is 22.8 Å². The fraction of sp³-hybridized carbons (Fsp3) is 0.188. The number of benzene rings is 2. The van der Waals surface area contributed by atoms with E-state index in [1.165, 1.54) is 6.07 Å². The Hall–Kier alpha value is -2.23. The largest absolute Gasteiger partial charge is 0.335 e. The summed E-state index contributed by atoms with van der Waals surface area (Å²) in [6.07, 6.45) is 0. The van der Waals surface area contributed by atoms with Crippen LogP contribution in [0, 0.1) is 11.6 Å². The third-order valence-corrected chi connectivity index (χ3v) is 3.05. The number of nitrogens with zero attached hydrogens (tertiary/aromatic N) is 1. The molecule has 0 heterocycles. The van der Waals surface area contributed by atoms with Crippen molar-refractivity contribution in [1.29, 1.82) is 0 Å². The molecule has 0 unspecified atom stereocenters. The van der Waals surface area contributed by atoms with Crippen molar-refractivity contribution in [2.24, 2.45) is 0 Å². The SMILES string of the molecule is CCN(Cc1ccccc1)C(=O)c1ccc(F)c(F)c1. The van der Waals surface area contributed by atoms with Gasteiger partial charge in [-0.15, -0.1) is 0 Å². The first-order valence-electron chi connectivity index (χ1n) is 6.40. The highest BCUT2D eigenvalue weighted by molar-refractivity contribution is 5.94. The summed E-state index contributed by atoms with van der Waals surface area (Å²) in [6, 6.07) is 12.7. The number of hydrogen-bond acceptors (Lipinski definition) is 1. The van der Waals surface area contributed by atoms with Gasteiger partial charge in [0.05, 0.1) is 0 Å². The maximum atomic E-state index is 13.2. The minimum atomic E-state index is -1.01. The molecule has 0 saturated carbocycles. The summed E-state index contributed by atoms with van der Waals surface area (Å²) in [6.45, 7) is 2.78. The van der Waals surface area contributed by atoms with Crippen molar-refractivity contribution in [3.63, 3.8) is 0 Å². The Balaban J connectivity index is 2.18. The van der Waals surface area contributed by atoms with Crippen molar-refractivity contribution in [1.82, 2.24) is 4.90 Å². The fourth-order valence-electron chi connectivity index (χ4n) is 1.94. The van der Waals surface area contributed by atoms with Crippen molar-refractivity contribution >= 4 is 5.91 Å². The van der Waals surface area contributed by atoms with Gasteiger partial charge in [0.15, 0.2) is 11.6 Å². The molecule has 104 valence electrons. The molecule has 0 bridgehead atoms. The molecule has 0 aromatic heterocycles. The third kappa shape index (κ3) is 3.20. The zero-order valence-corrected chi connectivity index (χ0v) is 11.1. The van der Waals surface area contributed by atoms with E-state index in [0.29, 0.717) is 13.1 Å². The lowest BCUT2D eigenvalue weighted by molar-refractivity contribution is 0.0752. The van der Waals surface area contributed by atoms with Gasteiger partial charge in [-0.25, -0.2) is 8.78 Å². The van der Waals surface area contributed by atoms with Crippen LogP contribution in [-0.4, -0.2) is 17.4 Å². The van der Waals surface area contributed by atoms with Gasteiger partial charge in [-0.05, 0) is 30.7 Å². The Kier molecular flexibility index (Phi) is 4.45. The van der Waals surface area contributed by atoms with Crippen LogP contribution in [0.5, 0.6) is 0 Å². The average molecular weight is 275 g/mol. The van der Waals surface area contributed by atoms with Gasteiger partial charge < -0.3 is 4.90 Å². The smallest absolute Gasteiger partial charge is 0.254 e. The molecular formula is C16H15F2NO. The predicted molar refractivity (Wildman–Crippen MR) is 73.2 cm³/mol. The Labute approximate surface area is 116 Å². The molecule has 2 aromatic rings. The van der Waals surface area contributed by atoms with Crippen molar-refractivity contribution < 1.29 is 13.6 Å². The summed E-state index contributed by atoms with van der Waals surface area (Å²) in [5.74, 6) is -2.27. The van der Waals surface area contributed by atoms with Crippen LogP contribution in [0.3, 0.4) is 0 Å². The second-order valence-corrected chi connectivity index (χ2v) is 4.43. The lowest BCUT2D eigenvalue weighted by atomic mass is 10.1. The molecule has 0 fully saturated rings. The van der Waals surface area contributed by atoms with Gasteiger partial charge in [0, 0.05) is 18.7 Å². The second kappa shape index (κ2) is 6.28. The highest BCUT2D eigenvalue weighted by atomic mass is 19.2. The first-order chi connectivity index (χ1) is 9.61. The van der Waals surface area contributed by atoms with Crippen LogP contribution >= 0.6 is 0 Å². The molecule has 0 N–H and O–H groups in total. The van der Waals surface area contributed by atoms with E-state index >= 15 is 0 Å². The molecule has 0 saturated heterocycles. The molecule has 0 aliphatic heterocycles. The molecule has 2 aromatic carbocycles. The molecule has 0 radical (unpaired) electrons. The van der Waals surface area contributed by atoms with Crippen LogP contribution in [0.4, 0.5) is 8.78 Å². The van der Waals surface area contributed by atoms with Crippen LogP contribution in [0.25, 0.3) is 0 Å². The molecule has 0 atom stereocenters. The first kappa shape index (κ1) is 14.2. The van der Waals surface area contributed by atoms with E-state index in [4.69, 9.17) is 0 Å². The molecule has 2 rings (SSSR count). The van der Waals surface area contributed by atoms with Crippen LogP contribution in [0.2, 0.25) is 0 Å². The molecule has 1 amide bonds. The van der Waals surface area contributed by atoms with Gasteiger partial charge in [0.25, 0.3) is 5.91 Å². The molecule has 0 aliphatic rings. The summed E-state index contributed by atoms with van der Waals surface area (Å²) in [4.78, 5) is 13.9. The molecule has 0 spiro atoms. The number of halogens is 2. The molecule has 0 aliphatic carbocycles. The quantitative estimate of drug-likeness (QED) is 0.834. The van der Waals surface area contributed by atoms with E-state index < -0.39 is 11.6 Å². The van der Waals surface area contributed by atoms with E-state index in [-0.39, 0.29) is 11.5 Å². The minimum absolute atomic E-state index is 0.154. The summed E-state index contributed by atoms with van der Waals surface area (Å²) in [7, 11) is 0. The number of amides is 1. The lowest BCUT2D eigenvalue weighted by Crippen LogP contribution is -2.30. The normalized spacial score (nSPS) is 10.3. The van der Waals surface area contributed by atoms with Gasteiger partial charge in [-0.3, -0.25) is 4.79 Å². The Morgan fingerprint density at radius 2 is 1.75 bits per heavy atom. The average Bonchev–Trinajstić information content (AvgIpc) is 2.48. The van der Waals surface area contributed by atoms with Crippen molar-refractivity contribution in [2.75, 3.05) is 6.54 Å². The van der Waals surface area contributed by atoms with Gasteiger partial charge in [-0.1, -0.05) is 30.3 Å². The monoisotopic (exact) mass is 275 g/mol. The summed E-state index contributed by atoms with van der Waals surface area (Å²) < 4.78 is 26.1. The van der Waals surface area contributed by atoms with E-state index in [1.807, 2.05) is 37.3 Å². The molecular weight excluding hydrogens is 260 g/mol. The van der Waals surface area contributed by atoms with Gasteiger partial charge in [0.2, 0.25) is 0 Å². The third-order valence-electron chi connectivity index (χ3n) is 3.05. The summed E-state index contributed by atoms with van der Waals surface area (Å²) in [5, 5.41) is 0. The Morgan fingerprint density at radius 1 is 1.05 bits per heavy atom. The number of hydrogen-bond donors (Lipinski definition) is 0. The zero-order valence-electron chi connectivity index (χ0n) is 11.1. The minimum Gasteiger partial charge on any atom is -0.335 e. The van der Waals surface area contributed by atoms with Crippen LogP contribution in [0.15, 0.2) is 48.5 Å². The summed E-state index contributed by atoms with van der Waals surface area (Å²) in [5.41, 5.74) is 1.15. The van der Waals surface area contributed by atoms with Gasteiger partial charge in [0.1, 0.15) is 0 Å². The van der Waals surface area contributed by atoms with Crippen LogP contribution in [-0.2, 0) is 6.54 Å². The Bertz CT molecular complexity index is 599. The maximum Gasteiger partial charge on any atom is 0.254 e. The van der Waals surface area contributed by atoms with E-state index in [0.717, 1.165) is 17.7 Å². The van der Waals surface area contributed by atoms with Crippen molar-refractivity contribution in [2.45, 2.75) is 13.5 Å². The van der Waals surface area contributed by atoms with Crippen molar-refractivity contribution in [3.05, 3.63) is 71.3 Å². The highest BCUT2D eigenvalue weighted by Crippen LogP contribution is 2.13. The fourth-order valence-corrected chi connectivity index (χ4v) is 1.94. The van der Waals surface area contributed by atoms with Gasteiger partial charge >= 0.3 is 0 Å². The second-order valence-electron chi connectivity index (χ2n) is 4.43. The van der Waals surface area contributed by atoms with Crippen molar-refractivity contribution in [3.8, 4) is 0 Å². The number of carbonyl (C=O) groups is 1. The Morgan fingerprint density at radius 3 is 2.35 bits per heavy atom. The van der Waals surface area contributed by atoms with E-state index in [2.05, 4.69) is 0 Å². The topological polar surface area (TPSA) is 20.3 Å². The maximum absolute atomic E-state index is 13.2. The zero-order chi connectivity index (χ0) is 14.5. The van der Waals surface area contributed by atoms with E-state index in [9.17, 15) is 13.6 Å². The van der Waals surface area contributed by atoms with Crippen LogP contribution < -0.4 is 0 Å². The van der Waals surface area contributed by atoms with Gasteiger partial charge in [-0.2, -0.15) is 0 Å². The lowest BCUT2D eigenvalue weighted by Gasteiger charge is -2.21. The standard InChI is InChI=1S/C16H15F2NO/c1-2-19(11-12-6-4-3-5-7-12)16(20)13-8-9-14(17)15(18)10-13/h3-10H,2,11H2,1H3. The number of carbonyl (C=O) groups excluding carboxylic acids is 1. The number of rotatable bonds is 4.